The highest BCUT2D eigenvalue weighted by Gasteiger charge is 1.75. The van der Waals surface area contributed by atoms with Gasteiger partial charge in [-0.25, -0.2) is 0 Å². The van der Waals surface area contributed by atoms with Crippen molar-refractivity contribution in [2.75, 3.05) is 0 Å². The first-order chi connectivity index (χ1) is 4.33. The highest BCUT2D eigenvalue weighted by molar-refractivity contribution is 14.3. The molecule has 0 spiro atoms. The second-order valence-corrected chi connectivity index (χ2v) is 15.2. The summed E-state index contributed by atoms with van der Waals surface area (Å²) in [5.74, 6) is 0. The summed E-state index contributed by atoms with van der Waals surface area (Å²) < 4.78 is 0. The van der Waals surface area contributed by atoms with Gasteiger partial charge in [-0.15, -0.1) is 0 Å². The molecule has 0 unspecified atom stereocenters. The molecule has 0 saturated heterocycles. The van der Waals surface area contributed by atoms with Crippen LogP contribution in [0.3, 0.4) is 0 Å². The highest BCUT2D eigenvalue weighted by atomic mass is 127. The number of hydrogen-bond donors (Lipinski definition) is 0. The monoisotopic (exact) mass is 363 g/mol. The molecule has 0 aromatic heterocycles. The van der Waals surface area contributed by atoms with Crippen molar-refractivity contribution in [2.24, 2.45) is 0 Å². The maximum absolute atomic E-state index is 2.41. The molecule has 0 aliphatic carbocycles. The SMILES string of the molecule is C[CH]CCCC.[I][Mg][I]. The maximum Gasteiger partial charge on any atom is 0.552 e. The number of halogens is 2. The normalized spacial score (nSPS) is 7.11. The van der Waals surface area contributed by atoms with Crippen LogP contribution in [0.5, 0.6) is 0 Å². The van der Waals surface area contributed by atoms with Crippen molar-refractivity contribution >= 4 is 50.3 Å². The Hall–Kier alpha value is 2.23. The molecule has 0 saturated carbocycles. The Balaban J connectivity index is 0. The Morgan fingerprint density at radius 1 is 1.44 bits per heavy atom. The van der Waals surface area contributed by atoms with Gasteiger partial charge in [0.05, 0.1) is 0 Å². The van der Waals surface area contributed by atoms with Gasteiger partial charge in [0.1, 0.15) is 0 Å². The fourth-order valence-corrected chi connectivity index (χ4v) is 0.408. The fourth-order valence-electron chi connectivity index (χ4n) is 0.408. The minimum atomic E-state index is 0.357. The van der Waals surface area contributed by atoms with Crippen LogP contribution in [0.15, 0.2) is 0 Å². The topological polar surface area (TPSA) is 0 Å². The molecule has 0 amide bonds. The van der Waals surface area contributed by atoms with E-state index in [1.165, 1.54) is 19.3 Å². The van der Waals surface area contributed by atoms with Crippen LogP contribution in [0, 0.1) is 6.42 Å². The summed E-state index contributed by atoms with van der Waals surface area (Å²) in [6.07, 6.45) is 6.18. The quantitative estimate of drug-likeness (QED) is 0.407. The van der Waals surface area contributed by atoms with E-state index in [0.717, 1.165) is 0 Å². The molecule has 0 rings (SSSR count). The smallest absolute Gasteiger partial charge is 0.276 e. The highest BCUT2D eigenvalue weighted by Crippen LogP contribution is 1.94. The van der Waals surface area contributed by atoms with E-state index >= 15 is 0 Å². The Kier molecular flexibility index (Phi) is 25.5. The van der Waals surface area contributed by atoms with Gasteiger partial charge >= 0.3 is 12.6 Å². The van der Waals surface area contributed by atoms with Gasteiger partial charge in [0, 0.05) is 0 Å². The molecule has 0 aliphatic rings. The Morgan fingerprint density at radius 2 is 1.89 bits per heavy atom. The third-order valence-electron chi connectivity index (χ3n) is 0.846. The van der Waals surface area contributed by atoms with Crippen LogP contribution in [0.25, 0.3) is 0 Å². The molecule has 0 aromatic carbocycles. The summed E-state index contributed by atoms with van der Waals surface area (Å²) in [4.78, 5) is 0. The summed E-state index contributed by atoms with van der Waals surface area (Å²) >= 11 is 5.18. The summed E-state index contributed by atoms with van der Waals surface area (Å²) in [6, 6.07) is 0. The lowest BCUT2D eigenvalue weighted by molar-refractivity contribution is 0.784. The Labute approximate surface area is 88.4 Å². The van der Waals surface area contributed by atoms with Gasteiger partial charge < -0.3 is 0 Å². The number of rotatable bonds is 3. The molecule has 0 heterocycles. The van der Waals surface area contributed by atoms with Crippen LogP contribution >= 0.6 is 37.7 Å². The van der Waals surface area contributed by atoms with Crippen LogP contribution in [0.4, 0.5) is 0 Å². The summed E-state index contributed by atoms with van der Waals surface area (Å²) in [5, 5.41) is 0. The van der Waals surface area contributed by atoms with Crippen LogP contribution in [-0.4, -0.2) is 12.6 Å². The standard InChI is InChI=1S/C6H13.2HI.Mg/c1-3-5-6-4-2;;;/h3H,4-6H2,1-2H3;2*1H;/q;;;+2/p-2. The molecule has 0 nitrogen and oxygen atoms in total. The van der Waals surface area contributed by atoms with Gasteiger partial charge in [0.15, 0.2) is 0 Å². The maximum atomic E-state index is 2.41. The molecular weight excluding hydrogens is 350 g/mol. The predicted molar refractivity (Wildman–Crippen MR) is 63.3 cm³/mol. The lowest BCUT2D eigenvalue weighted by Gasteiger charge is -1.85. The Morgan fingerprint density at radius 3 is 2.00 bits per heavy atom. The average Bonchev–Trinajstić information content (AvgIpc) is 1.86. The van der Waals surface area contributed by atoms with Gasteiger partial charge in [-0.2, -0.15) is 0 Å². The molecule has 0 atom stereocenters. The largest absolute Gasteiger partial charge is 0.552 e. The molecule has 53 valence electrons. The number of unbranched alkanes of at least 4 members (excludes halogenated alkanes) is 3. The first-order valence-electron chi connectivity index (χ1n) is 3.23. The van der Waals surface area contributed by atoms with Crippen LogP contribution in [0.1, 0.15) is 33.1 Å². The van der Waals surface area contributed by atoms with E-state index in [2.05, 4.69) is 58.0 Å². The van der Waals surface area contributed by atoms with E-state index in [-0.39, 0.29) is 0 Å². The van der Waals surface area contributed by atoms with Crippen molar-refractivity contribution in [3.63, 3.8) is 0 Å². The molecule has 0 bridgehead atoms. The van der Waals surface area contributed by atoms with E-state index in [0.29, 0.717) is 12.6 Å². The minimum Gasteiger partial charge on any atom is -0.276 e. The van der Waals surface area contributed by atoms with E-state index in [9.17, 15) is 0 Å². The molecule has 9 heavy (non-hydrogen) atoms. The molecule has 0 fully saturated rings. The van der Waals surface area contributed by atoms with Gasteiger partial charge in [-0.3, -0.25) is 37.7 Å². The second-order valence-electron chi connectivity index (χ2n) is 1.65. The van der Waals surface area contributed by atoms with Crippen LogP contribution < -0.4 is 0 Å². The first kappa shape index (κ1) is 13.8. The van der Waals surface area contributed by atoms with E-state index < -0.39 is 0 Å². The molecular formula is C6H13I2Mg. The summed E-state index contributed by atoms with van der Waals surface area (Å²) in [5.41, 5.74) is 0. The minimum absolute atomic E-state index is 0.357. The zero-order valence-corrected chi connectivity index (χ0v) is 11.9. The van der Waals surface area contributed by atoms with Crippen LogP contribution in [-0.2, 0) is 0 Å². The van der Waals surface area contributed by atoms with Crippen molar-refractivity contribution in [3.05, 3.63) is 6.42 Å². The van der Waals surface area contributed by atoms with Crippen molar-refractivity contribution in [1.29, 1.82) is 0 Å². The lowest BCUT2D eigenvalue weighted by Crippen LogP contribution is -1.67. The van der Waals surface area contributed by atoms with Crippen LogP contribution in [0.2, 0.25) is 0 Å². The first-order valence-corrected chi connectivity index (χ1v) is 13.4. The average molecular weight is 363 g/mol. The number of hydrogen-bond acceptors (Lipinski definition) is 0. The second kappa shape index (κ2) is 16.7. The zero-order valence-electron chi connectivity index (χ0n) is 6.16. The van der Waals surface area contributed by atoms with Crippen molar-refractivity contribution in [3.8, 4) is 0 Å². The van der Waals surface area contributed by atoms with E-state index in [4.69, 9.17) is 0 Å². The molecule has 0 N–H and O–H groups in total. The van der Waals surface area contributed by atoms with Gasteiger partial charge in [-0.1, -0.05) is 33.1 Å². The van der Waals surface area contributed by atoms with Crippen molar-refractivity contribution < 1.29 is 0 Å². The third-order valence-corrected chi connectivity index (χ3v) is 0.846. The van der Waals surface area contributed by atoms with Crippen molar-refractivity contribution in [2.45, 2.75) is 33.1 Å². The van der Waals surface area contributed by atoms with E-state index in [1.807, 2.05) is 0 Å². The molecule has 0 aromatic rings. The lowest BCUT2D eigenvalue weighted by atomic mass is 10.2. The van der Waals surface area contributed by atoms with Gasteiger partial charge in [0.2, 0.25) is 0 Å². The van der Waals surface area contributed by atoms with Gasteiger partial charge in [0.25, 0.3) is 0 Å². The van der Waals surface area contributed by atoms with E-state index in [1.54, 1.807) is 0 Å². The summed E-state index contributed by atoms with van der Waals surface area (Å²) in [7, 11) is 0. The summed E-state index contributed by atoms with van der Waals surface area (Å²) in [6.45, 7) is 4.32. The fraction of sp³-hybridized carbons (Fsp3) is 0.833. The molecule has 0 aliphatic heterocycles. The third kappa shape index (κ3) is 25.3. The zero-order chi connectivity index (χ0) is 7.54. The predicted octanol–water partition coefficient (Wildman–Crippen LogP) is 3.79. The molecule has 1 radical (unpaired) electrons. The van der Waals surface area contributed by atoms with Gasteiger partial charge in [-0.05, 0) is 6.42 Å². The Bertz CT molecular complexity index is 30.2. The molecule has 3 heteroatoms. The van der Waals surface area contributed by atoms with Crippen molar-refractivity contribution in [1.82, 2.24) is 0 Å².